The van der Waals surface area contributed by atoms with Gasteiger partial charge >= 0.3 is 21.5 Å². The van der Waals surface area contributed by atoms with Gasteiger partial charge in [-0.15, -0.1) is 0 Å². The van der Waals surface area contributed by atoms with Crippen LogP contribution in [0.15, 0.2) is 72.8 Å². The van der Waals surface area contributed by atoms with Crippen LogP contribution in [0.2, 0.25) is 0 Å². The molecular weight excluding hydrogens is 559 g/mol. The van der Waals surface area contributed by atoms with Gasteiger partial charge < -0.3 is 15.8 Å². The number of esters is 1. The van der Waals surface area contributed by atoms with Gasteiger partial charge in [-0.25, -0.2) is 0 Å². The Morgan fingerprint density at radius 3 is 2.34 bits per heavy atom. The molecule has 8 nitrogen and oxygen atoms in total. The van der Waals surface area contributed by atoms with Crippen LogP contribution in [-0.2, 0) is 39.0 Å². The van der Waals surface area contributed by atoms with Crippen molar-refractivity contribution >= 4 is 27.6 Å². The summed E-state index contributed by atoms with van der Waals surface area (Å²) >= 11 is 0. The van der Waals surface area contributed by atoms with E-state index in [-0.39, 0.29) is 21.9 Å². The molecule has 0 spiro atoms. The highest BCUT2D eigenvalue weighted by molar-refractivity contribution is 7.93. The highest BCUT2D eigenvalue weighted by Crippen LogP contribution is 2.31. The number of carbonyl (C=O) groups excluding carboxylic acids is 2. The van der Waals surface area contributed by atoms with E-state index in [1.54, 1.807) is 0 Å². The third-order valence-corrected chi connectivity index (χ3v) is 8.40. The molecule has 1 heterocycles. The van der Waals surface area contributed by atoms with Crippen LogP contribution in [0, 0.1) is 0 Å². The van der Waals surface area contributed by atoms with Crippen molar-refractivity contribution in [1.29, 1.82) is 0 Å². The smallest absolute Gasteiger partial charge is 0.459 e. The lowest BCUT2D eigenvalue weighted by Crippen LogP contribution is -2.48. The highest BCUT2D eigenvalue weighted by atomic mass is 32.2. The van der Waals surface area contributed by atoms with E-state index in [2.05, 4.69) is 5.32 Å². The molecule has 1 amide bonds. The van der Waals surface area contributed by atoms with E-state index in [0.29, 0.717) is 12.8 Å². The van der Waals surface area contributed by atoms with Crippen LogP contribution < -0.4 is 15.4 Å². The normalized spacial score (nSPS) is 20.6. The largest absolute Gasteiger partial charge is 0.516 e. The van der Waals surface area contributed by atoms with Crippen molar-refractivity contribution in [3.05, 3.63) is 101 Å². The average molecular weight is 590 g/mol. The van der Waals surface area contributed by atoms with Crippen molar-refractivity contribution in [3.63, 3.8) is 0 Å². The Bertz CT molecular complexity index is 1540. The number of alkyl halides is 3. The second kappa shape index (κ2) is 11.5. The maximum Gasteiger partial charge on any atom is 0.516 e. The van der Waals surface area contributed by atoms with Gasteiger partial charge in [0.25, 0.3) is 5.91 Å². The molecule has 4 bridgehead atoms. The molecule has 4 rings (SSSR count). The van der Waals surface area contributed by atoms with Crippen LogP contribution in [-0.4, -0.2) is 38.4 Å². The predicted molar refractivity (Wildman–Crippen MR) is 147 cm³/mol. The fourth-order valence-electron chi connectivity index (χ4n) is 4.63. The number of sulfonamides is 1. The molecule has 0 aliphatic carbocycles. The van der Waals surface area contributed by atoms with E-state index in [4.69, 9.17) is 10.5 Å². The first-order chi connectivity index (χ1) is 19.2. The number of carbonyl (C=O) groups is 2. The number of ether oxygens (including phenoxy) is 1. The van der Waals surface area contributed by atoms with Crippen LogP contribution in [0.3, 0.4) is 0 Å². The van der Waals surface area contributed by atoms with E-state index in [1.807, 2.05) is 54.6 Å². The number of nitrogens with zero attached hydrogens (tertiary/aromatic N) is 1. The maximum atomic E-state index is 13.5. The summed E-state index contributed by atoms with van der Waals surface area (Å²) in [6.07, 6.45) is 1.20. The summed E-state index contributed by atoms with van der Waals surface area (Å²) in [5.74, 6) is -1.41. The molecule has 218 valence electrons. The van der Waals surface area contributed by atoms with Crippen LogP contribution in [0.4, 0.5) is 18.9 Å². The molecule has 3 aromatic rings. The molecule has 0 saturated heterocycles. The fourth-order valence-corrected chi connectivity index (χ4v) is 5.32. The zero-order chi connectivity index (χ0) is 30.0. The number of nitrogens with two attached hydrogens (primary N) is 1. The zero-order valence-corrected chi connectivity index (χ0v) is 23.3. The summed E-state index contributed by atoms with van der Waals surface area (Å²) in [5, 5.41) is 2.93. The minimum Gasteiger partial charge on any atom is -0.459 e. The van der Waals surface area contributed by atoms with Gasteiger partial charge in [-0.2, -0.15) is 21.6 Å². The molecule has 0 saturated carbocycles. The lowest BCUT2D eigenvalue weighted by molar-refractivity contribution is -0.150. The van der Waals surface area contributed by atoms with Crippen molar-refractivity contribution in [3.8, 4) is 0 Å². The predicted octanol–water partition coefficient (Wildman–Crippen LogP) is 4.39. The molecule has 12 heteroatoms. The summed E-state index contributed by atoms with van der Waals surface area (Å²) in [4.78, 5) is 26.4. The van der Waals surface area contributed by atoms with Gasteiger partial charge in [0.2, 0.25) is 0 Å². The second-order valence-corrected chi connectivity index (χ2v) is 12.2. The van der Waals surface area contributed by atoms with Crippen molar-refractivity contribution in [2.75, 3.05) is 11.4 Å². The molecule has 41 heavy (non-hydrogen) atoms. The number of amides is 1. The standard InChI is InChI=1S/C29H30F3N3O5S/c1-28(33)17-20-8-6-7-19(13-20)11-12-25(22-9-4-3-5-10-22)34-26(36)23-14-21(18-40-27(28)37)15-24(16-23)35(2)41(38,39)29(30,31)32/h3-10,13-16,25H,11-12,17-18,33H2,1-2H3,(H,34,36). The number of benzene rings is 3. The minimum atomic E-state index is -5.77. The van der Waals surface area contributed by atoms with E-state index >= 15 is 0 Å². The number of fused-ring (bicyclic) bond motifs is 4. The summed E-state index contributed by atoms with van der Waals surface area (Å²) in [6.45, 7) is 1.05. The molecule has 0 aromatic heterocycles. The van der Waals surface area contributed by atoms with E-state index < -0.39 is 51.3 Å². The van der Waals surface area contributed by atoms with E-state index in [9.17, 15) is 31.2 Å². The highest BCUT2D eigenvalue weighted by Gasteiger charge is 2.49. The third-order valence-electron chi connectivity index (χ3n) is 6.88. The summed E-state index contributed by atoms with van der Waals surface area (Å²) < 4.78 is 69.7. The molecule has 3 aromatic carbocycles. The third kappa shape index (κ3) is 6.88. The van der Waals surface area contributed by atoms with E-state index in [0.717, 1.165) is 35.9 Å². The van der Waals surface area contributed by atoms with Gasteiger partial charge in [0, 0.05) is 19.0 Å². The van der Waals surface area contributed by atoms with Gasteiger partial charge in [-0.05, 0) is 60.2 Å². The lowest BCUT2D eigenvalue weighted by atomic mass is 9.91. The monoisotopic (exact) mass is 589 g/mol. The Morgan fingerprint density at radius 1 is 0.976 bits per heavy atom. The second-order valence-electron chi connectivity index (χ2n) is 10.3. The Balaban J connectivity index is 1.79. The Morgan fingerprint density at radius 2 is 1.66 bits per heavy atom. The van der Waals surface area contributed by atoms with Crippen molar-refractivity contribution in [2.24, 2.45) is 5.73 Å². The number of anilines is 1. The number of rotatable bonds is 3. The van der Waals surface area contributed by atoms with Gasteiger partial charge in [0.1, 0.15) is 12.1 Å². The molecule has 0 radical (unpaired) electrons. The number of aryl methyl sites for hydroxylation is 1. The average Bonchev–Trinajstić information content (AvgIpc) is 2.92. The van der Waals surface area contributed by atoms with E-state index in [1.165, 1.54) is 13.0 Å². The fraction of sp³-hybridized carbons (Fsp3) is 0.310. The van der Waals surface area contributed by atoms with Crippen LogP contribution >= 0.6 is 0 Å². The molecule has 2 unspecified atom stereocenters. The number of cyclic esters (lactones) is 1. The first kappa shape index (κ1) is 30.1. The van der Waals surface area contributed by atoms with Crippen LogP contribution in [0.5, 0.6) is 0 Å². The van der Waals surface area contributed by atoms with Gasteiger partial charge in [0.15, 0.2) is 0 Å². The Hall–Kier alpha value is -3.90. The lowest BCUT2D eigenvalue weighted by Gasteiger charge is -2.25. The molecule has 3 N–H and O–H groups in total. The van der Waals surface area contributed by atoms with Crippen molar-refractivity contribution in [1.82, 2.24) is 5.32 Å². The summed E-state index contributed by atoms with van der Waals surface area (Å²) in [7, 11) is -5.04. The number of hydrogen-bond donors (Lipinski definition) is 2. The molecule has 1 aliphatic heterocycles. The first-order valence-electron chi connectivity index (χ1n) is 12.8. The van der Waals surface area contributed by atoms with Crippen molar-refractivity contribution in [2.45, 2.75) is 49.9 Å². The van der Waals surface area contributed by atoms with Crippen LogP contribution in [0.25, 0.3) is 0 Å². The van der Waals surface area contributed by atoms with Gasteiger partial charge in [-0.3, -0.25) is 13.9 Å². The zero-order valence-electron chi connectivity index (χ0n) is 22.4. The van der Waals surface area contributed by atoms with Crippen LogP contribution in [0.1, 0.15) is 52.0 Å². The quantitative estimate of drug-likeness (QED) is 0.438. The molecule has 0 fully saturated rings. The topological polar surface area (TPSA) is 119 Å². The first-order valence-corrected chi connectivity index (χ1v) is 14.2. The summed E-state index contributed by atoms with van der Waals surface area (Å²) in [5.41, 5.74) is 1.44. The van der Waals surface area contributed by atoms with Gasteiger partial charge in [-0.1, -0.05) is 54.6 Å². The van der Waals surface area contributed by atoms with Gasteiger partial charge in [0.05, 0.1) is 11.7 Å². The number of hydrogen-bond acceptors (Lipinski definition) is 6. The molecule has 2 atom stereocenters. The molecule has 1 aliphatic rings. The summed E-state index contributed by atoms with van der Waals surface area (Å²) in [6, 6.07) is 19.8. The minimum absolute atomic E-state index is 0.0433. The Labute approximate surface area is 236 Å². The number of nitrogens with one attached hydrogen (secondary N) is 1. The SMILES string of the molecule is CN(c1cc2cc(c1)C(=O)NC(c1ccccc1)CCc1cccc(c1)CC(C)(N)C(=O)OC2)S(=O)(=O)C(F)(F)F. The van der Waals surface area contributed by atoms with Crippen molar-refractivity contribution < 1.29 is 35.9 Å². The molecular formula is C29H30F3N3O5S. The maximum absolute atomic E-state index is 13.5. The Kier molecular flexibility index (Phi) is 8.46. The number of halogens is 3.